The van der Waals surface area contributed by atoms with E-state index in [-0.39, 0.29) is 0 Å². The Labute approximate surface area is 413 Å². The van der Waals surface area contributed by atoms with Gasteiger partial charge in [0, 0.05) is 32.7 Å². The quantitative estimate of drug-likeness (QED) is 0.156. The van der Waals surface area contributed by atoms with Crippen molar-refractivity contribution in [2.24, 2.45) is 0 Å². The zero-order chi connectivity index (χ0) is 48.9. The molecule has 12 aromatic rings. The summed E-state index contributed by atoms with van der Waals surface area (Å²) < 4.78 is 4.45. The molecule has 0 unspecified atom stereocenters. The molecular formula is C64H34N8. The van der Waals surface area contributed by atoms with Crippen molar-refractivity contribution in [1.82, 2.24) is 14.1 Å². The van der Waals surface area contributed by atoms with Crippen LogP contribution in [0, 0.1) is 56.7 Å². The molecule has 3 heterocycles. The first-order chi connectivity index (χ1) is 35.4. The van der Waals surface area contributed by atoms with Crippen LogP contribution in [-0.2, 0) is 0 Å². The molecule has 0 atom stereocenters. The maximum atomic E-state index is 10.9. The first-order valence-electron chi connectivity index (χ1n) is 23.1. The van der Waals surface area contributed by atoms with Gasteiger partial charge in [0.15, 0.2) is 0 Å². The number of rotatable bonds is 7. The van der Waals surface area contributed by atoms with Gasteiger partial charge in [-0.15, -0.1) is 0 Å². The van der Waals surface area contributed by atoms with Crippen LogP contribution < -0.4 is 0 Å². The molecule has 0 aliphatic heterocycles. The molecule has 0 saturated heterocycles. The van der Waals surface area contributed by atoms with Crippen molar-refractivity contribution in [2.75, 3.05) is 0 Å². The molecule has 0 aliphatic carbocycles. The summed E-state index contributed by atoms with van der Waals surface area (Å²) in [4.78, 5) is 5.06. The number of hydrogen-bond donors (Lipinski definition) is 0. The summed E-state index contributed by atoms with van der Waals surface area (Å²) in [7, 11) is 0. The highest BCUT2D eigenvalue weighted by Gasteiger charge is 2.25. The molecule has 0 N–H and O–H groups in total. The standard InChI is InChI=1S/C64H34N8/c65-33-40-7-3-12-44(25-40)48-17-21-58-54(29-48)55-30-49(45-13-4-8-41(26-45)34-66)18-22-59(55)71(58)62-38-70-39-63(64(62)53-16-2-1-11-52(53)37-69)72-60-23-19-50(46-14-5-9-42(27-46)35-67)31-56(60)57-32-51(20-24-61(57)72)47-15-6-10-43(28-47)36-68/h1-32,38-39H. The second-order valence-corrected chi connectivity index (χ2v) is 17.6. The van der Waals surface area contributed by atoms with Gasteiger partial charge in [0.1, 0.15) is 0 Å². The van der Waals surface area contributed by atoms with Gasteiger partial charge >= 0.3 is 0 Å². The van der Waals surface area contributed by atoms with Crippen LogP contribution in [0.5, 0.6) is 0 Å². The summed E-state index contributed by atoms with van der Waals surface area (Å²) in [5, 5.41) is 54.0. The van der Waals surface area contributed by atoms with Crippen LogP contribution in [0.1, 0.15) is 27.8 Å². The van der Waals surface area contributed by atoms with E-state index in [1.807, 2.05) is 109 Å². The molecule has 0 spiro atoms. The van der Waals surface area contributed by atoms with Crippen LogP contribution in [0.3, 0.4) is 0 Å². The lowest BCUT2D eigenvalue weighted by atomic mass is 9.97. The van der Waals surface area contributed by atoms with Gasteiger partial charge in [0.05, 0.1) is 104 Å². The van der Waals surface area contributed by atoms with Gasteiger partial charge in [0.25, 0.3) is 0 Å². The van der Waals surface area contributed by atoms with E-state index in [2.05, 4.69) is 112 Å². The van der Waals surface area contributed by atoms with Gasteiger partial charge in [-0.1, -0.05) is 91.0 Å². The van der Waals surface area contributed by atoms with Crippen LogP contribution in [0.4, 0.5) is 0 Å². The SMILES string of the molecule is N#Cc1cccc(-c2ccc3c(c2)c2cc(-c4cccc(C#N)c4)ccc2n3-c2cncc(-n3c4ccc(-c5cccc(C#N)c5)cc4c4cc(-c5cccc(C#N)c5)ccc43)c2-c2ccccc2C#N)c1. The van der Waals surface area contributed by atoms with E-state index >= 15 is 0 Å². The van der Waals surface area contributed by atoms with Gasteiger partial charge in [-0.2, -0.15) is 26.3 Å². The number of hydrogen-bond acceptors (Lipinski definition) is 6. The average molecular weight is 915 g/mol. The highest BCUT2D eigenvalue weighted by atomic mass is 15.0. The summed E-state index contributed by atoms with van der Waals surface area (Å²) in [5.74, 6) is 0. The molecule has 0 bridgehead atoms. The van der Waals surface area contributed by atoms with E-state index < -0.39 is 0 Å². The first-order valence-corrected chi connectivity index (χ1v) is 23.1. The van der Waals surface area contributed by atoms with Crippen LogP contribution in [-0.4, -0.2) is 14.1 Å². The van der Waals surface area contributed by atoms with Crippen LogP contribution in [0.15, 0.2) is 207 Å². The van der Waals surface area contributed by atoms with Crippen molar-refractivity contribution in [3.05, 3.63) is 234 Å². The Balaban J connectivity index is 1.17. The third-order valence-electron chi connectivity index (χ3n) is 13.5. The Morgan fingerprint density at radius 2 is 0.625 bits per heavy atom. The molecule has 330 valence electrons. The second-order valence-electron chi connectivity index (χ2n) is 17.6. The molecule has 0 aliphatic rings. The molecule has 0 saturated carbocycles. The molecule has 0 amide bonds. The van der Waals surface area contributed by atoms with Crippen molar-refractivity contribution in [2.45, 2.75) is 0 Å². The first kappa shape index (κ1) is 42.5. The van der Waals surface area contributed by atoms with E-state index in [0.717, 1.165) is 111 Å². The third-order valence-corrected chi connectivity index (χ3v) is 13.5. The van der Waals surface area contributed by atoms with E-state index in [9.17, 15) is 26.3 Å². The van der Waals surface area contributed by atoms with Crippen molar-refractivity contribution in [1.29, 1.82) is 26.3 Å². The minimum atomic E-state index is 0.492. The Morgan fingerprint density at radius 1 is 0.306 bits per heavy atom. The van der Waals surface area contributed by atoms with Gasteiger partial charge in [-0.05, 0) is 148 Å². The van der Waals surface area contributed by atoms with Crippen molar-refractivity contribution in [3.8, 4) is 97.4 Å². The highest BCUT2D eigenvalue weighted by molar-refractivity contribution is 6.14. The fourth-order valence-corrected chi connectivity index (χ4v) is 10.2. The Kier molecular flexibility index (Phi) is 10.3. The smallest absolute Gasteiger partial charge is 0.0998 e. The fourth-order valence-electron chi connectivity index (χ4n) is 10.2. The Morgan fingerprint density at radius 3 is 0.944 bits per heavy atom. The minimum absolute atomic E-state index is 0.492. The zero-order valence-electron chi connectivity index (χ0n) is 38.2. The molecule has 12 rings (SSSR count). The third kappa shape index (κ3) is 7.08. The lowest BCUT2D eigenvalue weighted by Crippen LogP contribution is -2.05. The topological polar surface area (TPSA) is 142 Å². The molecule has 0 radical (unpaired) electrons. The summed E-state index contributed by atoms with van der Waals surface area (Å²) in [6.45, 7) is 0. The largest absolute Gasteiger partial charge is 0.307 e. The average Bonchev–Trinajstić information content (AvgIpc) is 3.96. The van der Waals surface area contributed by atoms with Crippen molar-refractivity contribution < 1.29 is 0 Å². The molecule has 0 fully saturated rings. The monoisotopic (exact) mass is 914 g/mol. The zero-order valence-corrected chi connectivity index (χ0v) is 38.2. The fraction of sp³-hybridized carbons (Fsp3) is 0. The number of pyridine rings is 1. The molecule has 8 heteroatoms. The van der Waals surface area contributed by atoms with Gasteiger partial charge < -0.3 is 9.13 Å². The molecule has 3 aromatic heterocycles. The van der Waals surface area contributed by atoms with Crippen molar-refractivity contribution in [3.63, 3.8) is 0 Å². The van der Waals surface area contributed by atoms with Gasteiger partial charge in [0.2, 0.25) is 0 Å². The van der Waals surface area contributed by atoms with Gasteiger partial charge in [-0.3, -0.25) is 4.98 Å². The van der Waals surface area contributed by atoms with E-state index in [4.69, 9.17) is 4.98 Å². The Bertz CT molecular complexity index is 3990. The van der Waals surface area contributed by atoms with Crippen molar-refractivity contribution >= 4 is 43.6 Å². The minimum Gasteiger partial charge on any atom is -0.307 e. The number of aromatic nitrogens is 3. The number of fused-ring (bicyclic) bond motifs is 6. The summed E-state index contributed by atoms with van der Waals surface area (Å²) in [5.41, 5.74) is 16.8. The maximum absolute atomic E-state index is 10.9. The van der Waals surface area contributed by atoms with Crippen LogP contribution in [0.2, 0.25) is 0 Å². The predicted octanol–water partition coefficient (Wildman–Crippen LogP) is 15.0. The second kappa shape index (κ2) is 17.4. The Hall–Kier alpha value is -10.8. The molecule has 72 heavy (non-hydrogen) atoms. The number of benzene rings is 9. The normalized spacial score (nSPS) is 11.0. The molecular weight excluding hydrogens is 881 g/mol. The van der Waals surface area contributed by atoms with Gasteiger partial charge in [-0.25, -0.2) is 0 Å². The van der Waals surface area contributed by atoms with E-state index in [1.54, 1.807) is 24.3 Å². The van der Waals surface area contributed by atoms with E-state index in [0.29, 0.717) is 27.8 Å². The lowest BCUT2D eigenvalue weighted by molar-refractivity contribution is 1.09. The summed E-state index contributed by atoms with van der Waals surface area (Å²) in [6, 6.07) is 75.1. The molecule has 9 aromatic carbocycles. The summed E-state index contributed by atoms with van der Waals surface area (Å²) >= 11 is 0. The lowest BCUT2D eigenvalue weighted by Gasteiger charge is -2.20. The predicted molar refractivity (Wildman–Crippen MR) is 284 cm³/mol. The highest BCUT2D eigenvalue weighted by Crippen LogP contribution is 2.45. The maximum Gasteiger partial charge on any atom is 0.0998 e. The number of nitriles is 5. The summed E-state index contributed by atoms with van der Waals surface area (Å²) in [6.07, 6.45) is 3.74. The van der Waals surface area contributed by atoms with Crippen LogP contribution in [0.25, 0.3) is 111 Å². The number of nitrogens with zero attached hydrogens (tertiary/aromatic N) is 8. The molecule has 8 nitrogen and oxygen atoms in total. The van der Waals surface area contributed by atoms with Crippen LogP contribution >= 0.6 is 0 Å². The van der Waals surface area contributed by atoms with E-state index in [1.165, 1.54) is 0 Å².